The Labute approximate surface area is 165 Å². The van der Waals surface area contributed by atoms with E-state index in [0.717, 1.165) is 59.5 Å². The summed E-state index contributed by atoms with van der Waals surface area (Å²) in [5, 5.41) is 8.12. The van der Waals surface area contributed by atoms with Gasteiger partial charge < -0.3 is 20.3 Å². The lowest BCUT2D eigenvalue weighted by Crippen LogP contribution is -2.56. The van der Waals surface area contributed by atoms with E-state index in [2.05, 4.69) is 39.8 Å². The molecule has 0 saturated carbocycles. The lowest BCUT2D eigenvalue weighted by Gasteiger charge is -2.43. The van der Waals surface area contributed by atoms with Crippen LogP contribution >= 0.6 is 11.6 Å². The van der Waals surface area contributed by atoms with Gasteiger partial charge in [-0.25, -0.2) is 4.99 Å². The van der Waals surface area contributed by atoms with Crippen molar-refractivity contribution in [3.63, 3.8) is 0 Å². The normalized spacial score (nSPS) is 17.7. The van der Waals surface area contributed by atoms with Gasteiger partial charge in [0.25, 0.3) is 0 Å². The van der Waals surface area contributed by atoms with Crippen LogP contribution in [0.25, 0.3) is 0 Å². The highest BCUT2D eigenvalue weighted by Gasteiger charge is 2.41. The second-order valence-corrected chi connectivity index (χ2v) is 7.77. The molecule has 2 aromatic rings. The molecule has 0 unspecified atom stereocenters. The van der Waals surface area contributed by atoms with E-state index in [9.17, 15) is 0 Å². The van der Waals surface area contributed by atoms with Gasteiger partial charge in [-0.1, -0.05) is 29.8 Å². The van der Waals surface area contributed by atoms with Crippen LogP contribution in [-0.4, -0.2) is 38.7 Å². The van der Waals surface area contributed by atoms with Crippen LogP contribution < -0.4 is 15.5 Å². The molecule has 2 aliphatic heterocycles. The summed E-state index contributed by atoms with van der Waals surface area (Å²) >= 11 is 6.14. The van der Waals surface area contributed by atoms with E-state index in [1.807, 2.05) is 32.3 Å². The fraction of sp³-hybridized carbons (Fsp3) is 0.381. The second-order valence-electron chi connectivity index (χ2n) is 7.33. The third-order valence-corrected chi connectivity index (χ3v) is 5.48. The molecule has 2 heterocycles. The first-order chi connectivity index (χ1) is 13.1. The van der Waals surface area contributed by atoms with Crippen molar-refractivity contribution in [2.75, 3.05) is 37.5 Å². The van der Waals surface area contributed by atoms with Crippen molar-refractivity contribution in [3.8, 4) is 0 Å². The summed E-state index contributed by atoms with van der Waals surface area (Å²) in [6, 6.07) is 14.2. The van der Waals surface area contributed by atoms with Crippen LogP contribution in [0.1, 0.15) is 18.4 Å². The Bertz CT molecular complexity index is 859. The minimum absolute atomic E-state index is 0.214. The topological polar surface area (TPSA) is 48.9 Å². The van der Waals surface area contributed by atoms with E-state index in [1.54, 1.807) is 0 Å². The second kappa shape index (κ2) is 7.41. The van der Waals surface area contributed by atoms with Crippen molar-refractivity contribution < 1.29 is 4.74 Å². The number of aliphatic imine (C=N–C) groups is 1. The zero-order valence-corrected chi connectivity index (χ0v) is 16.5. The van der Waals surface area contributed by atoms with Crippen LogP contribution in [0.5, 0.6) is 0 Å². The zero-order valence-electron chi connectivity index (χ0n) is 15.8. The minimum Gasteiger partial charge on any atom is -0.381 e. The number of amidine groups is 1. The molecule has 0 aromatic heterocycles. The molecule has 1 spiro atoms. The van der Waals surface area contributed by atoms with Crippen LogP contribution in [0.3, 0.4) is 0 Å². The maximum Gasteiger partial charge on any atom is 0.129 e. The van der Waals surface area contributed by atoms with Crippen LogP contribution in [0.2, 0.25) is 5.02 Å². The molecule has 142 valence electrons. The molecule has 0 atom stereocenters. The molecule has 1 saturated heterocycles. The van der Waals surface area contributed by atoms with Gasteiger partial charge in [-0.2, -0.15) is 0 Å². The maximum atomic E-state index is 6.14. The largest absolute Gasteiger partial charge is 0.381 e. The zero-order chi connectivity index (χ0) is 18.9. The van der Waals surface area contributed by atoms with Crippen molar-refractivity contribution in [1.82, 2.24) is 5.32 Å². The quantitative estimate of drug-likeness (QED) is 0.832. The van der Waals surface area contributed by atoms with Gasteiger partial charge in [-0.3, -0.25) is 0 Å². The van der Waals surface area contributed by atoms with Crippen LogP contribution in [-0.2, 0) is 11.3 Å². The van der Waals surface area contributed by atoms with Crippen molar-refractivity contribution in [2.45, 2.75) is 24.9 Å². The number of hydrogen-bond donors (Lipinski definition) is 2. The van der Waals surface area contributed by atoms with Crippen LogP contribution in [0, 0.1) is 0 Å². The molecule has 0 amide bonds. The summed E-state index contributed by atoms with van der Waals surface area (Å²) in [6.45, 7) is 2.14. The standard InChI is InChI=1S/C21H25ClN4O/c1-26(2)18-8-4-7-17-19(18)24-20(21(25-17)9-11-27-12-10-21)23-14-15-5-3-6-16(22)13-15/h3-8,13,25H,9-12,14H2,1-2H3,(H,23,24). The SMILES string of the molecule is CN(C)c1cccc2c1N=C(NCc1cccc(Cl)c1)C1(CCOCC1)N2. The summed E-state index contributed by atoms with van der Waals surface area (Å²) < 4.78 is 5.63. The number of hydrogen-bond acceptors (Lipinski definition) is 5. The molecular formula is C21H25ClN4O. The monoisotopic (exact) mass is 384 g/mol. The van der Waals surface area contributed by atoms with Gasteiger partial charge in [0, 0.05) is 51.7 Å². The molecule has 6 heteroatoms. The number of halogens is 1. The lowest BCUT2D eigenvalue weighted by atomic mass is 9.86. The highest BCUT2D eigenvalue weighted by molar-refractivity contribution is 6.30. The molecule has 2 aliphatic rings. The Kier molecular flexibility index (Phi) is 4.98. The predicted octanol–water partition coefficient (Wildman–Crippen LogP) is 4.20. The molecule has 0 aliphatic carbocycles. The molecular weight excluding hydrogens is 360 g/mol. The van der Waals surface area contributed by atoms with E-state index in [0.29, 0.717) is 6.54 Å². The van der Waals surface area contributed by atoms with Crippen LogP contribution in [0.15, 0.2) is 47.5 Å². The molecule has 0 radical (unpaired) electrons. The average Bonchev–Trinajstić information content (AvgIpc) is 2.66. The summed E-state index contributed by atoms with van der Waals surface area (Å²) in [4.78, 5) is 7.19. The number of rotatable bonds is 3. The molecule has 4 rings (SSSR count). The van der Waals surface area contributed by atoms with E-state index < -0.39 is 0 Å². The van der Waals surface area contributed by atoms with E-state index >= 15 is 0 Å². The fourth-order valence-corrected chi connectivity index (χ4v) is 3.98. The van der Waals surface area contributed by atoms with Crippen molar-refractivity contribution >= 4 is 34.5 Å². The Morgan fingerprint density at radius 3 is 2.70 bits per heavy atom. The summed E-state index contributed by atoms with van der Waals surface area (Å²) in [7, 11) is 4.09. The third kappa shape index (κ3) is 3.62. The summed E-state index contributed by atoms with van der Waals surface area (Å²) in [5.74, 6) is 0.979. The lowest BCUT2D eigenvalue weighted by molar-refractivity contribution is 0.0771. The van der Waals surface area contributed by atoms with E-state index in [4.69, 9.17) is 21.3 Å². The first-order valence-corrected chi connectivity index (χ1v) is 9.69. The molecule has 1 fully saturated rings. The molecule has 2 aromatic carbocycles. The van der Waals surface area contributed by atoms with Crippen molar-refractivity contribution in [1.29, 1.82) is 0 Å². The first kappa shape index (κ1) is 18.1. The van der Waals surface area contributed by atoms with Crippen LogP contribution in [0.4, 0.5) is 17.1 Å². The van der Waals surface area contributed by atoms with E-state index in [1.165, 1.54) is 0 Å². The Morgan fingerprint density at radius 1 is 1.19 bits per heavy atom. The third-order valence-electron chi connectivity index (χ3n) is 5.24. The van der Waals surface area contributed by atoms with Gasteiger partial charge in [0.15, 0.2) is 0 Å². The predicted molar refractivity (Wildman–Crippen MR) is 113 cm³/mol. The summed E-state index contributed by atoms with van der Waals surface area (Å²) in [5.41, 5.74) is 4.09. The molecule has 2 N–H and O–H groups in total. The Morgan fingerprint density at radius 2 is 1.96 bits per heavy atom. The number of anilines is 2. The van der Waals surface area contributed by atoms with Crippen molar-refractivity contribution in [3.05, 3.63) is 53.1 Å². The van der Waals surface area contributed by atoms with Gasteiger partial charge in [-0.15, -0.1) is 0 Å². The van der Waals surface area contributed by atoms with Gasteiger partial charge in [-0.05, 0) is 29.8 Å². The number of nitrogens with zero attached hydrogens (tertiary/aromatic N) is 2. The van der Waals surface area contributed by atoms with Gasteiger partial charge in [0.05, 0.1) is 16.9 Å². The Balaban J connectivity index is 1.70. The molecule has 5 nitrogen and oxygen atoms in total. The van der Waals surface area contributed by atoms with Gasteiger partial charge in [0.2, 0.25) is 0 Å². The molecule has 0 bridgehead atoms. The fourth-order valence-electron chi connectivity index (χ4n) is 3.77. The first-order valence-electron chi connectivity index (χ1n) is 9.31. The minimum atomic E-state index is -0.214. The Hall–Kier alpha value is -2.24. The summed E-state index contributed by atoms with van der Waals surface area (Å²) in [6.07, 6.45) is 1.78. The number of benzene rings is 2. The van der Waals surface area contributed by atoms with Crippen molar-refractivity contribution in [2.24, 2.45) is 4.99 Å². The smallest absolute Gasteiger partial charge is 0.129 e. The highest BCUT2D eigenvalue weighted by atomic mass is 35.5. The average molecular weight is 385 g/mol. The number of ether oxygens (including phenoxy) is 1. The van der Waals surface area contributed by atoms with Gasteiger partial charge in [0.1, 0.15) is 11.5 Å². The number of fused-ring (bicyclic) bond motifs is 1. The number of nitrogens with one attached hydrogen (secondary N) is 2. The van der Waals surface area contributed by atoms with E-state index in [-0.39, 0.29) is 5.54 Å². The molecule has 27 heavy (non-hydrogen) atoms. The van der Waals surface area contributed by atoms with Gasteiger partial charge >= 0.3 is 0 Å². The number of para-hydroxylation sites is 1. The maximum absolute atomic E-state index is 6.14. The highest BCUT2D eigenvalue weighted by Crippen LogP contribution is 2.42.